The summed E-state index contributed by atoms with van der Waals surface area (Å²) >= 11 is 7.89. The first-order valence-corrected chi connectivity index (χ1v) is 13.9. The van der Waals surface area contributed by atoms with Crippen molar-refractivity contribution in [3.63, 3.8) is 0 Å². The van der Waals surface area contributed by atoms with Crippen molar-refractivity contribution in [3.05, 3.63) is 88.4 Å². The van der Waals surface area contributed by atoms with E-state index in [-0.39, 0.29) is 0 Å². The van der Waals surface area contributed by atoms with Gasteiger partial charge in [-0.15, -0.1) is 11.8 Å². The molecule has 0 spiro atoms. The van der Waals surface area contributed by atoms with Crippen molar-refractivity contribution < 1.29 is 34.3 Å². The summed E-state index contributed by atoms with van der Waals surface area (Å²) in [6.07, 6.45) is -5.65. The predicted octanol–water partition coefficient (Wildman–Crippen LogP) is 4.82. The SMILES string of the molecule is CCOc1ccc(Cc2cc([C@@H]3O[C@H](CSc4cccc(NC(=O)OC)c4)[C@@H](O)[C@H](O)[C@H]3O)ccc2Cl)cc1. The molecule has 0 aromatic heterocycles. The highest BCUT2D eigenvalue weighted by molar-refractivity contribution is 7.99. The van der Waals surface area contributed by atoms with Crippen LogP contribution < -0.4 is 10.1 Å². The Balaban J connectivity index is 1.47. The normalized spacial score (nSPS) is 22.8. The highest BCUT2D eigenvalue weighted by atomic mass is 35.5. The lowest BCUT2D eigenvalue weighted by Gasteiger charge is -2.41. The first-order chi connectivity index (χ1) is 18.8. The Labute approximate surface area is 236 Å². The van der Waals surface area contributed by atoms with Gasteiger partial charge in [-0.1, -0.05) is 41.9 Å². The van der Waals surface area contributed by atoms with E-state index in [0.29, 0.717) is 35.1 Å². The molecule has 1 aliphatic rings. The Morgan fingerprint density at radius 3 is 2.51 bits per heavy atom. The number of amides is 1. The molecule has 0 bridgehead atoms. The van der Waals surface area contributed by atoms with Gasteiger partial charge in [-0.05, 0) is 66.4 Å². The molecule has 0 radical (unpaired) electrons. The van der Waals surface area contributed by atoms with Crippen molar-refractivity contribution in [2.45, 2.75) is 48.8 Å². The van der Waals surface area contributed by atoms with Crippen molar-refractivity contribution in [2.75, 3.05) is 24.8 Å². The van der Waals surface area contributed by atoms with E-state index in [1.165, 1.54) is 18.9 Å². The van der Waals surface area contributed by atoms with Gasteiger partial charge in [0.05, 0.1) is 19.8 Å². The third kappa shape index (κ3) is 7.45. The molecule has 4 rings (SSSR count). The number of hydrogen-bond acceptors (Lipinski definition) is 8. The van der Waals surface area contributed by atoms with Crippen LogP contribution >= 0.6 is 23.4 Å². The van der Waals surface area contributed by atoms with Crippen molar-refractivity contribution >= 4 is 35.1 Å². The fraction of sp³-hybridized carbons (Fsp3) is 0.345. The lowest BCUT2D eigenvalue weighted by Crippen LogP contribution is -2.54. The number of ether oxygens (including phenoxy) is 3. The molecule has 1 fully saturated rings. The largest absolute Gasteiger partial charge is 0.494 e. The monoisotopic (exact) mass is 573 g/mol. The summed E-state index contributed by atoms with van der Waals surface area (Å²) < 4.78 is 16.3. The van der Waals surface area contributed by atoms with Gasteiger partial charge in [-0.25, -0.2) is 4.79 Å². The number of methoxy groups -OCH3 is 1. The molecule has 1 aliphatic heterocycles. The summed E-state index contributed by atoms with van der Waals surface area (Å²) in [5.74, 6) is 1.10. The van der Waals surface area contributed by atoms with Crippen LogP contribution in [0.4, 0.5) is 10.5 Å². The molecule has 1 saturated heterocycles. The zero-order valence-corrected chi connectivity index (χ0v) is 23.2. The maximum atomic E-state index is 11.5. The number of benzene rings is 3. The van der Waals surface area contributed by atoms with E-state index in [2.05, 4.69) is 10.1 Å². The lowest BCUT2D eigenvalue weighted by atomic mass is 9.90. The number of rotatable bonds is 9. The topological polar surface area (TPSA) is 117 Å². The second-order valence-corrected chi connectivity index (χ2v) is 10.6. The van der Waals surface area contributed by atoms with Crippen molar-refractivity contribution in [3.8, 4) is 5.75 Å². The van der Waals surface area contributed by atoms with Crippen LogP contribution in [-0.4, -0.2) is 65.3 Å². The highest BCUT2D eigenvalue weighted by Gasteiger charge is 2.44. The maximum Gasteiger partial charge on any atom is 0.411 e. The summed E-state index contributed by atoms with van der Waals surface area (Å²) in [7, 11) is 1.29. The number of halogens is 1. The van der Waals surface area contributed by atoms with Gasteiger partial charge in [0, 0.05) is 21.4 Å². The Morgan fingerprint density at radius 2 is 1.79 bits per heavy atom. The molecular formula is C29H32ClNO7S. The van der Waals surface area contributed by atoms with Gasteiger partial charge < -0.3 is 29.5 Å². The summed E-state index contributed by atoms with van der Waals surface area (Å²) in [5, 5.41) is 35.3. The number of carbonyl (C=O) groups is 1. The Bertz CT molecular complexity index is 1260. The van der Waals surface area contributed by atoms with Crippen molar-refractivity contribution in [2.24, 2.45) is 0 Å². The molecular weight excluding hydrogens is 542 g/mol. The van der Waals surface area contributed by atoms with Crippen LogP contribution in [0.15, 0.2) is 71.6 Å². The number of hydrogen-bond donors (Lipinski definition) is 4. The lowest BCUT2D eigenvalue weighted by molar-refractivity contribution is -0.218. The van der Waals surface area contributed by atoms with Crippen LogP contribution in [0.1, 0.15) is 29.7 Å². The smallest absolute Gasteiger partial charge is 0.411 e. The molecule has 3 aromatic rings. The fourth-order valence-corrected chi connectivity index (χ4v) is 5.57. The van der Waals surface area contributed by atoms with E-state index in [1.54, 1.807) is 30.3 Å². The Hall–Kier alpha value is -2.79. The quantitative estimate of drug-likeness (QED) is 0.269. The summed E-state index contributed by atoms with van der Waals surface area (Å²) in [4.78, 5) is 12.3. The molecule has 0 unspecified atom stereocenters. The second-order valence-electron chi connectivity index (χ2n) is 9.13. The first-order valence-electron chi connectivity index (χ1n) is 12.6. The van der Waals surface area contributed by atoms with Crippen molar-refractivity contribution in [1.29, 1.82) is 0 Å². The fourth-order valence-electron chi connectivity index (χ4n) is 4.37. The number of carbonyl (C=O) groups excluding carboxylic acids is 1. The van der Waals surface area contributed by atoms with Gasteiger partial charge in [0.15, 0.2) is 0 Å². The number of aliphatic hydroxyl groups excluding tert-OH is 3. The highest BCUT2D eigenvalue weighted by Crippen LogP contribution is 2.36. The number of aliphatic hydroxyl groups is 3. The second kappa shape index (κ2) is 13.5. The van der Waals surface area contributed by atoms with Gasteiger partial charge in [0.25, 0.3) is 0 Å². The number of anilines is 1. The average molecular weight is 574 g/mol. The van der Waals surface area contributed by atoms with Crippen LogP contribution in [0.5, 0.6) is 5.75 Å². The third-order valence-electron chi connectivity index (χ3n) is 6.42. The van der Waals surface area contributed by atoms with Gasteiger partial charge >= 0.3 is 6.09 Å². The minimum absolute atomic E-state index is 0.301. The molecule has 10 heteroatoms. The molecule has 5 atom stereocenters. The molecule has 1 heterocycles. The summed E-state index contributed by atoms with van der Waals surface area (Å²) in [6, 6.07) is 20.3. The van der Waals surface area contributed by atoms with Gasteiger partial charge in [-0.2, -0.15) is 0 Å². The van der Waals surface area contributed by atoms with E-state index in [0.717, 1.165) is 21.8 Å². The first kappa shape index (κ1) is 29.2. The molecule has 0 saturated carbocycles. The van der Waals surface area contributed by atoms with E-state index >= 15 is 0 Å². The molecule has 8 nitrogen and oxygen atoms in total. The molecule has 4 N–H and O–H groups in total. The van der Waals surface area contributed by atoms with Crippen LogP contribution in [0, 0.1) is 0 Å². The predicted molar refractivity (Wildman–Crippen MR) is 151 cm³/mol. The van der Waals surface area contributed by atoms with E-state index in [4.69, 9.17) is 21.1 Å². The summed E-state index contributed by atoms with van der Waals surface area (Å²) in [5.41, 5.74) is 3.09. The van der Waals surface area contributed by atoms with Gasteiger partial charge in [-0.3, -0.25) is 5.32 Å². The van der Waals surface area contributed by atoms with E-state index in [9.17, 15) is 20.1 Å². The number of nitrogens with one attached hydrogen (secondary N) is 1. The maximum absolute atomic E-state index is 11.5. The van der Waals surface area contributed by atoms with Crippen LogP contribution in [0.2, 0.25) is 5.02 Å². The molecule has 208 valence electrons. The Kier molecular flexibility index (Phi) is 10.1. The molecule has 39 heavy (non-hydrogen) atoms. The van der Waals surface area contributed by atoms with Crippen LogP contribution in [0.3, 0.4) is 0 Å². The van der Waals surface area contributed by atoms with E-state index in [1.807, 2.05) is 43.3 Å². The minimum Gasteiger partial charge on any atom is -0.494 e. The van der Waals surface area contributed by atoms with Crippen LogP contribution in [0.25, 0.3) is 0 Å². The van der Waals surface area contributed by atoms with Crippen molar-refractivity contribution in [1.82, 2.24) is 0 Å². The zero-order valence-electron chi connectivity index (χ0n) is 21.6. The Morgan fingerprint density at radius 1 is 1.03 bits per heavy atom. The molecule has 1 amide bonds. The summed E-state index contributed by atoms with van der Waals surface area (Å²) in [6.45, 7) is 2.53. The third-order valence-corrected chi connectivity index (χ3v) is 7.87. The standard InChI is InChI=1S/C29H32ClNO7S/c1-3-37-21-10-7-17(8-11-21)13-19-14-18(9-12-23(19)30)28-27(34)26(33)25(32)24(38-28)16-39-22-6-4-5-20(15-22)31-29(35)36-2/h4-12,14-15,24-28,32-34H,3,13,16H2,1-2H3,(H,31,35)/t24-,25-,26+,27-,28+/m1/s1. The minimum atomic E-state index is -1.40. The molecule has 3 aromatic carbocycles. The van der Waals surface area contributed by atoms with Gasteiger partial charge in [0.2, 0.25) is 0 Å². The molecule has 0 aliphatic carbocycles. The average Bonchev–Trinajstić information content (AvgIpc) is 2.94. The van der Waals surface area contributed by atoms with E-state index < -0.39 is 36.6 Å². The zero-order chi connectivity index (χ0) is 27.9. The number of thioether (sulfide) groups is 1. The van der Waals surface area contributed by atoms with Crippen LogP contribution in [-0.2, 0) is 15.9 Å². The van der Waals surface area contributed by atoms with Gasteiger partial charge in [0.1, 0.15) is 30.2 Å².